The second kappa shape index (κ2) is 9.45. The van der Waals surface area contributed by atoms with Gasteiger partial charge in [0.2, 0.25) is 15.9 Å². The summed E-state index contributed by atoms with van der Waals surface area (Å²) in [5.41, 5.74) is 0.961. The van der Waals surface area contributed by atoms with Crippen LogP contribution in [0.3, 0.4) is 0 Å². The number of hydrogen-bond acceptors (Lipinski definition) is 4. The van der Waals surface area contributed by atoms with Crippen LogP contribution in [0, 0.1) is 5.82 Å². The lowest BCUT2D eigenvalue weighted by Crippen LogP contribution is -2.49. The molecular weight excluding hydrogens is 419 g/mol. The Morgan fingerprint density at radius 3 is 2.34 bits per heavy atom. The number of benzene rings is 2. The zero-order chi connectivity index (χ0) is 21.8. The summed E-state index contributed by atoms with van der Waals surface area (Å²) in [6.45, 7) is 3.50. The maximum Gasteiger partial charge on any atom is 0.244 e. The predicted molar refractivity (Wildman–Crippen MR) is 112 cm³/mol. The number of nitrogens with one attached hydrogen (secondary N) is 1. The van der Waals surface area contributed by atoms with Gasteiger partial charge in [-0.3, -0.25) is 9.10 Å². The van der Waals surface area contributed by atoms with Gasteiger partial charge in [0.05, 0.1) is 30.1 Å². The van der Waals surface area contributed by atoms with Gasteiger partial charge >= 0.3 is 0 Å². The highest BCUT2D eigenvalue weighted by molar-refractivity contribution is 7.92. The highest BCUT2D eigenvalue weighted by atomic mass is 35.5. The number of nitrogens with zero attached hydrogens (tertiary/aromatic N) is 1. The number of methoxy groups -OCH3 is 1. The first-order chi connectivity index (χ1) is 13.6. The van der Waals surface area contributed by atoms with E-state index in [0.29, 0.717) is 5.75 Å². The number of carbonyl (C=O) groups is 1. The van der Waals surface area contributed by atoms with E-state index in [0.717, 1.165) is 22.2 Å². The second-order valence-electron chi connectivity index (χ2n) is 6.58. The zero-order valence-electron chi connectivity index (χ0n) is 16.6. The number of hydrogen-bond donors (Lipinski definition) is 1. The van der Waals surface area contributed by atoms with Gasteiger partial charge in [-0.2, -0.15) is 0 Å². The van der Waals surface area contributed by atoms with E-state index < -0.39 is 27.8 Å². The van der Waals surface area contributed by atoms with Gasteiger partial charge in [0.25, 0.3) is 0 Å². The fourth-order valence-corrected chi connectivity index (χ4v) is 4.35. The van der Waals surface area contributed by atoms with Crippen LogP contribution in [0.5, 0.6) is 5.75 Å². The summed E-state index contributed by atoms with van der Waals surface area (Å²) in [5, 5.41) is 2.62. The van der Waals surface area contributed by atoms with E-state index in [2.05, 4.69) is 5.32 Å². The Labute approximate surface area is 175 Å². The van der Waals surface area contributed by atoms with E-state index in [4.69, 9.17) is 16.3 Å². The summed E-state index contributed by atoms with van der Waals surface area (Å²) in [7, 11) is -2.28. The first kappa shape index (κ1) is 23.0. The number of halogens is 2. The van der Waals surface area contributed by atoms with E-state index in [9.17, 15) is 17.6 Å². The Morgan fingerprint density at radius 2 is 1.86 bits per heavy atom. The van der Waals surface area contributed by atoms with Crippen molar-refractivity contribution in [2.75, 3.05) is 17.7 Å². The van der Waals surface area contributed by atoms with Crippen LogP contribution in [-0.4, -0.2) is 33.7 Å². The topological polar surface area (TPSA) is 75.7 Å². The molecule has 0 radical (unpaired) electrons. The van der Waals surface area contributed by atoms with Crippen molar-refractivity contribution < 1.29 is 22.3 Å². The first-order valence-corrected chi connectivity index (χ1v) is 11.2. The summed E-state index contributed by atoms with van der Waals surface area (Å²) in [6.07, 6.45) is 1.20. The van der Waals surface area contributed by atoms with Crippen LogP contribution < -0.4 is 14.4 Å². The van der Waals surface area contributed by atoms with Crippen LogP contribution >= 0.6 is 11.6 Å². The van der Waals surface area contributed by atoms with Gasteiger partial charge in [-0.05, 0) is 49.2 Å². The van der Waals surface area contributed by atoms with Crippen LogP contribution in [0.2, 0.25) is 5.02 Å². The standard InChI is InChI=1S/C20H24ClFN2O4S/c1-5-19(20(25)23-13(2)14-6-9-16(28-3)10-7-14)24(29(4,26)27)15-8-11-18(22)17(21)12-15/h6-13,19H,5H2,1-4H3,(H,23,25)/t13-,19+/m0/s1. The van der Waals surface area contributed by atoms with E-state index in [1.54, 1.807) is 33.1 Å². The van der Waals surface area contributed by atoms with Gasteiger partial charge in [-0.25, -0.2) is 12.8 Å². The smallest absolute Gasteiger partial charge is 0.244 e. The molecule has 158 valence electrons. The Bertz CT molecular complexity index is 967. The second-order valence-corrected chi connectivity index (χ2v) is 8.85. The van der Waals surface area contributed by atoms with E-state index in [-0.39, 0.29) is 23.2 Å². The van der Waals surface area contributed by atoms with Crippen LogP contribution in [0.1, 0.15) is 31.9 Å². The molecule has 0 saturated heterocycles. The Balaban J connectivity index is 2.30. The number of ether oxygens (including phenoxy) is 1. The average molecular weight is 443 g/mol. The van der Waals surface area contributed by atoms with Crippen molar-refractivity contribution >= 4 is 33.2 Å². The van der Waals surface area contributed by atoms with Crippen molar-refractivity contribution in [2.45, 2.75) is 32.4 Å². The number of anilines is 1. The minimum absolute atomic E-state index is 0.123. The summed E-state index contributed by atoms with van der Waals surface area (Å²) < 4.78 is 44.5. The predicted octanol–water partition coefficient (Wildman–Crippen LogP) is 3.91. The number of rotatable bonds is 8. The number of carbonyl (C=O) groups excluding carboxylic acids is 1. The molecular formula is C20H24ClFN2O4S. The summed E-state index contributed by atoms with van der Waals surface area (Å²) >= 11 is 5.82. The minimum Gasteiger partial charge on any atom is -0.497 e. The number of sulfonamides is 1. The molecule has 0 saturated carbocycles. The molecule has 9 heteroatoms. The summed E-state index contributed by atoms with van der Waals surface area (Å²) in [6, 6.07) is 9.36. The third-order valence-corrected chi connectivity index (χ3v) is 5.93. The highest BCUT2D eigenvalue weighted by Gasteiger charge is 2.32. The van der Waals surface area contributed by atoms with Gasteiger partial charge < -0.3 is 10.1 Å². The van der Waals surface area contributed by atoms with E-state index >= 15 is 0 Å². The third kappa shape index (κ3) is 5.61. The maximum atomic E-state index is 13.5. The molecule has 0 unspecified atom stereocenters. The molecule has 2 rings (SSSR count). The zero-order valence-corrected chi connectivity index (χ0v) is 18.2. The third-order valence-electron chi connectivity index (χ3n) is 4.46. The molecule has 0 aliphatic carbocycles. The van der Waals surface area contributed by atoms with Crippen molar-refractivity contribution in [3.63, 3.8) is 0 Å². The first-order valence-electron chi connectivity index (χ1n) is 8.97. The average Bonchev–Trinajstić information content (AvgIpc) is 2.67. The molecule has 2 aromatic carbocycles. The van der Waals surface area contributed by atoms with Gasteiger partial charge in [0, 0.05) is 0 Å². The lowest BCUT2D eigenvalue weighted by molar-refractivity contribution is -0.122. The molecule has 0 aliphatic rings. The van der Waals surface area contributed by atoms with Crippen molar-refractivity contribution in [3.05, 3.63) is 58.9 Å². The molecule has 2 atom stereocenters. The summed E-state index contributed by atoms with van der Waals surface area (Å²) in [5.74, 6) is -0.452. The van der Waals surface area contributed by atoms with Crippen LogP contribution in [0.25, 0.3) is 0 Å². The molecule has 0 spiro atoms. The Hall–Kier alpha value is -2.32. The molecule has 1 N–H and O–H groups in total. The highest BCUT2D eigenvalue weighted by Crippen LogP contribution is 2.28. The molecule has 29 heavy (non-hydrogen) atoms. The molecule has 0 fully saturated rings. The van der Waals surface area contributed by atoms with Gasteiger partial charge in [0.1, 0.15) is 17.6 Å². The molecule has 0 aliphatic heterocycles. The monoisotopic (exact) mass is 442 g/mol. The van der Waals surface area contributed by atoms with Crippen molar-refractivity contribution in [1.82, 2.24) is 5.32 Å². The van der Waals surface area contributed by atoms with Gasteiger partial charge in [0.15, 0.2) is 0 Å². The minimum atomic E-state index is -3.84. The van der Waals surface area contributed by atoms with E-state index in [1.165, 1.54) is 12.1 Å². The van der Waals surface area contributed by atoms with Gasteiger partial charge in [-0.15, -0.1) is 0 Å². The van der Waals surface area contributed by atoms with Crippen LogP contribution in [-0.2, 0) is 14.8 Å². The van der Waals surface area contributed by atoms with Crippen LogP contribution in [0.15, 0.2) is 42.5 Å². The quantitative estimate of drug-likeness (QED) is 0.672. The lowest BCUT2D eigenvalue weighted by Gasteiger charge is -2.31. The van der Waals surface area contributed by atoms with Crippen molar-refractivity contribution in [3.8, 4) is 5.75 Å². The van der Waals surface area contributed by atoms with E-state index in [1.807, 2.05) is 12.1 Å². The molecule has 6 nitrogen and oxygen atoms in total. The fourth-order valence-electron chi connectivity index (χ4n) is 2.97. The Morgan fingerprint density at radius 1 is 1.24 bits per heavy atom. The van der Waals surface area contributed by atoms with Crippen molar-refractivity contribution in [1.29, 1.82) is 0 Å². The summed E-state index contributed by atoms with van der Waals surface area (Å²) in [4.78, 5) is 12.9. The normalized spacial score (nSPS) is 13.4. The van der Waals surface area contributed by atoms with Crippen molar-refractivity contribution in [2.24, 2.45) is 0 Å². The SMILES string of the molecule is CC[C@H](C(=O)N[C@@H](C)c1ccc(OC)cc1)N(c1ccc(F)c(Cl)c1)S(C)(=O)=O. The lowest BCUT2D eigenvalue weighted by atomic mass is 10.1. The number of amides is 1. The molecule has 0 bridgehead atoms. The molecule has 0 aromatic heterocycles. The Kier molecular flexibility index (Phi) is 7.48. The maximum absolute atomic E-state index is 13.5. The van der Waals surface area contributed by atoms with Crippen LogP contribution in [0.4, 0.5) is 10.1 Å². The molecule has 1 amide bonds. The largest absolute Gasteiger partial charge is 0.497 e. The fraction of sp³-hybridized carbons (Fsp3) is 0.350. The van der Waals surface area contributed by atoms with Gasteiger partial charge in [-0.1, -0.05) is 30.7 Å². The molecule has 0 heterocycles. The molecule has 2 aromatic rings.